The van der Waals surface area contributed by atoms with Gasteiger partial charge in [-0.25, -0.2) is 4.39 Å². The van der Waals surface area contributed by atoms with Gasteiger partial charge in [0, 0.05) is 11.1 Å². The Labute approximate surface area is 122 Å². The Balaban J connectivity index is 2.46. The molecule has 1 aromatic rings. The minimum absolute atomic E-state index is 0.0324. The number of hydrogen-bond acceptors (Lipinski definition) is 2. The molecule has 1 aromatic carbocycles. The first-order chi connectivity index (χ1) is 9.51. The second-order valence-corrected chi connectivity index (χ2v) is 6.22. The fraction of sp³-hybridized carbons (Fsp3) is 0.647. The number of hydrogen-bond donors (Lipinski definition) is 1. The van der Waals surface area contributed by atoms with Crippen LogP contribution in [-0.2, 0) is 0 Å². The third-order valence-corrected chi connectivity index (χ3v) is 4.77. The van der Waals surface area contributed by atoms with E-state index in [1.165, 1.54) is 12.8 Å². The molecule has 0 spiro atoms. The highest BCUT2D eigenvalue weighted by Crippen LogP contribution is 2.44. The zero-order chi connectivity index (χ0) is 14.8. The normalized spacial score (nSPS) is 19.5. The Bertz CT molecular complexity index is 450. The summed E-state index contributed by atoms with van der Waals surface area (Å²) in [6.07, 6.45) is 4.72. The van der Waals surface area contributed by atoms with E-state index >= 15 is 0 Å². The second-order valence-electron chi connectivity index (χ2n) is 6.22. The fourth-order valence-corrected chi connectivity index (χ4v) is 3.66. The summed E-state index contributed by atoms with van der Waals surface area (Å²) in [6, 6.07) is 5.52. The lowest BCUT2D eigenvalue weighted by atomic mass is 9.81. The van der Waals surface area contributed by atoms with Gasteiger partial charge < -0.3 is 10.2 Å². The van der Waals surface area contributed by atoms with Crippen molar-refractivity contribution < 1.29 is 4.39 Å². The summed E-state index contributed by atoms with van der Waals surface area (Å²) in [5.41, 5.74) is 1.98. The molecule has 20 heavy (non-hydrogen) atoms. The molecule has 1 aliphatic carbocycles. The number of likely N-dealkylation sites (N-methyl/N-ethyl adjacent to an activating group) is 2. The van der Waals surface area contributed by atoms with E-state index in [1.807, 2.05) is 19.1 Å². The number of rotatable bonds is 5. The summed E-state index contributed by atoms with van der Waals surface area (Å²) in [4.78, 5) is 2.30. The summed E-state index contributed by atoms with van der Waals surface area (Å²) >= 11 is 0. The number of nitrogens with zero attached hydrogens (tertiary/aromatic N) is 1. The van der Waals surface area contributed by atoms with Gasteiger partial charge in [0.15, 0.2) is 0 Å². The molecule has 1 N–H and O–H groups in total. The van der Waals surface area contributed by atoms with Gasteiger partial charge in [0.05, 0.1) is 6.04 Å². The van der Waals surface area contributed by atoms with Crippen molar-refractivity contribution in [1.29, 1.82) is 0 Å². The van der Waals surface area contributed by atoms with E-state index in [-0.39, 0.29) is 17.4 Å². The Morgan fingerprint density at radius 1 is 1.30 bits per heavy atom. The summed E-state index contributed by atoms with van der Waals surface area (Å²) in [5.74, 6) is -0.0883. The Morgan fingerprint density at radius 2 is 1.95 bits per heavy atom. The quantitative estimate of drug-likeness (QED) is 0.884. The minimum atomic E-state index is -0.0883. The van der Waals surface area contributed by atoms with Gasteiger partial charge in [-0.2, -0.15) is 0 Å². The van der Waals surface area contributed by atoms with Crippen molar-refractivity contribution in [3.8, 4) is 0 Å². The molecule has 0 saturated heterocycles. The Hall–Kier alpha value is -0.930. The number of nitrogens with one attached hydrogen (secondary N) is 1. The molecular formula is C17H27FN2. The maximum Gasteiger partial charge on any atom is 0.128 e. The molecule has 1 aliphatic rings. The zero-order valence-corrected chi connectivity index (χ0v) is 13.2. The van der Waals surface area contributed by atoms with Crippen LogP contribution in [0.3, 0.4) is 0 Å². The molecule has 2 rings (SSSR count). The predicted octanol–water partition coefficient (Wildman–Crippen LogP) is 3.66. The van der Waals surface area contributed by atoms with Crippen LogP contribution < -0.4 is 5.32 Å². The molecule has 0 aromatic heterocycles. The molecule has 3 heteroatoms. The maximum atomic E-state index is 14.4. The monoisotopic (exact) mass is 278 g/mol. The Kier molecular flexibility index (Phi) is 4.82. The molecular weight excluding hydrogens is 251 g/mol. The van der Waals surface area contributed by atoms with E-state index < -0.39 is 0 Å². The van der Waals surface area contributed by atoms with E-state index in [0.717, 1.165) is 30.5 Å². The van der Waals surface area contributed by atoms with Crippen molar-refractivity contribution in [2.24, 2.45) is 0 Å². The number of benzene rings is 1. The van der Waals surface area contributed by atoms with Crippen molar-refractivity contribution in [2.45, 2.75) is 51.1 Å². The molecule has 0 bridgehead atoms. The molecule has 1 saturated carbocycles. The van der Waals surface area contributed by atoms with Gasteiger partial charge in [-0.1, -0.05) is 37.5 Å². The van der Waals surface area contributed by atoms with Crippen LogP contribution in [-0.4, -0.2) is 31.1 Å². The van der Waals surface area contributed by atoms with Crippen molar-refractivity contribution in [1.82, 2.24) is 10.2 Å². The van der Waals surface area contributed by atoms with Gasteiger partial charge in [0.25, 0.3) is 0 Å². The molecule has 0 amide bonds. The van der Waals surface area contributed by atoms with Crippen LogP contribution in [0.1, 0.15) is 49.8 Å². The summed E-state index contributed by atoms with van der Waals surface area (Å²) in [6.45, 7) is 4.98. The van der Waals surface area contributed by atoms with Crippen molar-refractivity contribution in [3.05, 3.63) is 35.1 Å². The lowest BCUT2D eigenvalue weighted by Crippen LogP contribution is -2.52. The van der Waals surface area contributed by atoms with Gasteiger partial charge in [-0.15, -0.1) is 0 Å². The van der Waals surface area contributed by atoms with Crippen LogP contribution in [0, 0.1) is 12.7 Å². The molecule has 1 atom stereocenters. The largest absolute Gasteiger partial charge is 0.309 e. The molecule has 1 fully saturated rings. The first-order valence-corrected chi connectivity index (χ1v) is 7.68. The van der Waals surface area contributed by atoms with Crippen LogP contribution in [0.25, 0.3) is 0 Å². The van der Waals surface area contributed by atoms with Gasteiger partial charge >= 0.3 is 0 Å². The standard InChI is InChI=1S/C17H27FN2/c1-5-19-16(14-12-13(2)8-9-15(14)18)17(20(3)4)10-6-7-11-17/h8-9,12,16,19H,5-7,10-11H2,1-4H3. The molecule has 112 valence electrons. The van der Waals surface area contributed by atoms with E-state index in [2.05, 4.69) is 31.2 Å². The van der Waals surface area contributed by atoms with E-state index in [9.17, 15) is 4.39 Å². The third-order valence-electron chi connectivity index (χ3n) is 4.77. The SMILES string of the molecule is CCNC(c1cc(C)ccc1F)C1(N(C)C)CCCC1. The van der Waals surface area contributed by atoms with Crippen LogP contribution in [0.5, 0.6) is 0 Å². The molecule has 2 nitrogen and oxygen atoms in total. The summed E-state index contributed by atoms with van der Waals surface area (Å²) < 4.78 is 14.4. The zero-order valence-electron chi connectivity index (χ0n) is 13.2. The van der Waals surface area contributed by atoms with E-state index in [1.54, 1.807) is 6.07 Å². The summed E-state index contributed by atoms with van der Waals surface area (Å²) in [7, 11) is 4.26. The smallest absolute Gasteiger partial charge is 0.128 e. The maximum absolute atomic E-state index is 14.4. The van der Waals surface area contributed by atoms with Crippen LogP contribution in [0.2, 0.25) is 0 Å². The van der Waals surface area contributed by atoms with Gasteiger partial charge in [0.1, 0.15) is 5.82 Å². The number of aryl methyl sites for hydroxylation is 1. The third kappa shape index (κ3) is 2.75. The molecule has 0 aliphatic heterocycles. The molecule has 1 unspecified atom stereocenters. The van der Waals surface area contributed by atoms with E-state index in [0.29, 0.717) is 0 Å². The Morgan fingerprint density at radius 3 is 2.50 bits per heavy atom. The lowest BCUT2D eigenvalue weighted by Gasteiger charge is -2.44. The van der Waals surface area contributed by atoms with Gasteiger partial charge in [0.2, 0.25) is 0 Å². The van der Waals surface area contributed by atoms with Gasteiger partial charge in [-0.05, 0) is 46.5 Å². The molecule has 0 heterocycles. The average molecular weight is 278 g/mol. The van der Waals surface area contributed by atoms with E-state index in [4.69, 9.17) is 0 Å². The summed E-state index contributed by atoms with van der Waals surface area (Å²) in [5, 5.41) is 3.55. The van der Waals surface area contributed by atoms with Crippen LogP contribution in [0.4, 0.5) is 4.39 Å². The average Bonchev–Trinajstić information content (AvgIpc) is 2.90. The fourth-order valence-electron chi connectivity index (χ4n) is 3.66. The second kappa shape index (κ2) is 6.23. The van der Waals surface area contributed by atoms with Crippen molar-refractivity contribution >= 4 is 0 Å². The molecule has 0 radical (unpaired) electrons. The first kappa shape index (κ1) is 15.5. The minimum Gasteiger partial charge on any atom is -0.309 e. The lowest BCUT2D eigenvalue weighted by molar-refractivity contribution is 0.103. The highest BCUT2D eigenvalue weighted by molar-refractivity contribution is 5.30. The number of halogens is 1. The van der Waals surface area contributed by atoms with Crippen LogP contribution >= 0.6 is 0 Å². The highest BCUT2D eigenvalue weighted by atomic mass is 19.1. The van der Waals surface area contributed by atoms with Crippen molar-refractivity contribution in [2.75, 3.05) is 20.6 Å². The topological polar surface area (TPSA) is 15.3 Å². The predicted molar refractivity (Wildman–Crippen MR) is 82.4 cm³/mol. The van der Waals surface area contributed by atoms with Crippen LogP contribution in [0.15, 0.2) is 18.2 Å². The first-order valence-electron chi connectivity index (χ1n) is 7.68. The van der Waals surface area contributed by atoms with Gasteiger partial charge in [-0.3, -0.25) is 0 Å². The highest BCUT2D eigenvalue weighted by Gasteiger charge is 2.44. The van der Waals surface area contributed by atoms with Crippen molar-refractivity contribution in [3.63, 3.8) is 0 Å².